The first-order valence-corrected chi connectivity index (χ1v) is 11.8. The summed E-state index contributed by atoms with van der Waals surface area (Å²) in [6.45, 7) is 8.57. The fraction of sp³-hybridized carbons (Fsp3) is 0.500. The number of nitrogens with two attached hydrogens (primary N) is 1. The highest BCUT2D eigenvalue weighted by Crippen LogP contribution is 2.34. The zero-order chi connectivity index (χ0) is 25.1. The van der Waals surface area contributed by atoms with Gasteiger partial charge in [-0.25, -0.2) is 14.4 Å². The third-order valence-corrected chi connectivity index (χ3v) is 7.35. The van der Waals surface area contributed by atoms with Gasteiger partial charge in [-0.05, 0) is 46.6 Å². The van der Waals surface area contributed by atoms with Crippen LogP contribution in [0.15, 0.2) is 24.5 Å². The Morgan fingerprint density at radius 1 is 1.26 bits per heavy atom. The Morgan fingerprint density at radius 2 is 2.03 bits per heavy atom. The molecule has 3 aromatic heterocycles. The summed E-state index contributed by atoms with van der Waals surface area (Å²) in [6.07, 6.45) is 5.13. The number of ether oxygens (including phenoxy) is 1. The van der Waals surface area contributed by atoms with E-state index in [0.717, 1.165) is 18.5 Å². The fourth-order valence-electron chi connectivity index (χ4n) is 4.62. The fourth-order valence-corrected chi connectivity index (χ4v) is 4.62. The van der Waals surface area contributed by atoms with E-state index in [-0.39, 0.29) is 17.6 Å². The van der Waals surface area contributed by atoms with Gasteiger partial charge in [-0.1, -0.05) is 0 Å². The number of hydrogen-bond acceptors (Lipinski definition) is 8. The lowest BCUT2D eigenvalue weighted by Gasteiger charge is -2.38. The molecule has 0 amide bonds. The minimum Gasteiger partial charge on any atom is -0.494 e. The molecule has 0 radical (unpaired) electrons. The van der Waals surface area contributed by atoms with Crippen molar-refractivity contribution in [2.45, 2.75) is 64.1 Å². The topological polar surface area (TPSA) is 120 Å². The van der Waals surface area contributed by atoms with Crippen LogP contribution in [0.25, 0.3) is 16.6 Å². The van der Waals surface area contributed by atoms with Crippen molar-refractivity contribution in [3.63, 3.8) is 0 Å². The van der Waals surface area contributed by atoms with E-state index >= 15 is 0 Å². The van der Waals surface area contributed by atoms with Crippen LogP contribution in [0, 0.1) is 5.82 Å². The maximum atomic E-state index is 14.5. The third kappa shape index (κ3) is 3.83. The van der Waals surface area contributed by atoms with Crippen LogP contribution in [-0.2, 0) is 5.54 Å². The minimum absolute atomic E-state index is 0.0526. The summed E-state index contributed by atoms with van der Waals surface area (Å²) in [6, 6.07) is 3.19. The number of aromatic nitrogens is 6. The van der Waals surface area contributed by atoms with E-state index < -0.39 is 17.5 Å². The van der Waals surface area contributed by atoms with Crippen LogP contribution >= 0.6 is 0 Å². The maximum Gasteiger partial charge on any atom is 0.223 e. The number of fused-ring (bicyclic) bond motifs is 3. The molecule has 0 bridgehead atoms. The summed E-state index contributed by atoms with van der Waals surface area (Å²) in [4.78, 5) is 11.5. The predicted molar refractivity (Wildman–Crippen MR) is 131 cm³/mol. The number of piperidine rings is 1. The number of nitrogens with zero attached hydrogens (tertiary/aromatic N) is 7. The number of aliphatic hydroxyl groups is 1. The van der Waals surface area contributed by atoms with Crippen LogP contribution in [0.4, 0.5) is 16.0 Å². The normalized spacial score (nSPS) is 20.0. The first-order chi connectivity index (χ1) is 16.6. The number of aliphatic hydroxyl groups excluding tert-OH is 1. The Morgan fingerprint density at radius 3 is 2.74 bits per heavy atom. The first-order valence-electron chi connectivity index (χ1n) is 11.8. The Hall–Kier alpha value is -3.47. The van der Waals surface area contributed by atoms with Gasteiger partial charge in [0, 0.05) is 36.2 Å². The molecule has 186 valence electrons. The van der Waals surface area contributed by atoms with E-state index in [9.17, 15) is 9.50 Å². The molecule has 1 aliphatic heterocycles. The first kappa shape index (κ1) is 23.3. The van der Waals surface area contributed by atoms with Gasteiger partial charge in [-0.2, -0.15) is 9.61 Å². The molecule has 1 aliphatic rings. The van der Waals surface area contributed by atoms with Gasteiger partial charge in [0.15, 0.2) is 23.0 Å². The predicted octanol–water partition coefficient (Wildman–Crippen LogP) is 3.09. The highest BCUT2D eigenvalue weighted by atomic mass is 19.1. The van der Waals surface area contributed by atoms with Crippen molar-refractivity contribution in [3.05, 3.63) is 36.2 Å². The summed E-state index contributed by atoms with van der Waals surface area (Å²) < 4.78 is 22.8. The highest BCUT2D eigenvalue weighted by molar-refractivity contribution is 5.93. The molecule has 5 rings (SSSR count). The van der Waals surface area contributed by atoms with E-state index in [4.69, 9.17) is 15.5 Å². The summed E-state index contributed by atoms with van der Waals surface area (Å²) in [5.74, 6) is 0.493. The van der Waals surface area contributed by atoms with E-state index in [1.165, 1.54) is 23.8 Å². The second-order valence-corrected chi connectivity index (χ2v) is 9.93. The van der Waals surface area contributed by atoms with Gasteiger partial charge in [0.25, 0.3) is 0 Å². The third-order valence-electron chi connectivity index (χ3n) is 7.35. The lowest BCUT2D eigenvalue weighted by Crippen LogP contribution is -2.41. The number of rotatable bonds is 5. The Labute approximate surface area is 202 Å². The van der Waals surface area contributed by atoms with Crippen molar-refractivity contribution in [2.75, 3.05) is 24.3 Å². The van der Waals surface area contributed by atoms with Gasteiger partial charge in [-0.15, -0.1) is 5.10 Å². The zero-order valence-corrected chi connectivity index (χ0v) is 20.6. The Bertz CT molecular complexity index is 1400. The van der Waals surface area contributed by atoms with E-state index in [1.807, 2.05) is 30.9 Å². The molecule has 3 N–H and O–H groups in total. The van der Waals surface area contributed by atoms with Gasteiger partial charge in [0.05, 0.1) is 36.2 Å². The lowest BCUT2D eigenvalue weighted by molar-refractivity contribution is 0.0647. The molecular formula is C24H31FN8O2. The van der Waals surface area contributed by atoms with E-state index in [0.29, 0.717) is 35.0 Å². The molecule has 1 fully saturated rings. The van der Waals surface area contributed by atoms with E-state index in [2.05, 4.69) is 27.0 Å². The van der Waals surface area contributed by atoms with Gasteiger partial charge in [0.2, 0.25) is 5.95 Å². The van der Waals surface area contributed by atoms with Crippen molar-refractivity contribution in [1.29, 1.82) is 0 Å². The molecule has 0 saturated carbocycles. The number of nitrogen functional groups attached to an aromatic ring is 1. The van der Waals surface area contributed by atoms with Gasteiger partial charge >= 0.3 is 0 Å². The second-order valence-electron chi connectivity index (χ2n) is 9.93. The number of anilines is 2. The summed E-state index contributed by atoms with van der Waals surface area (Å²) >= 11 is 0. The maximum absolute atomic E-state index is 14.5. The van der Waals surface area contributed by atoms with Crippen LogP contribution in [0.3, 0.4) is 0 Å². The smallest absolute Gasteiger partial charge is 0.223 e. The largest absolute Gasteiger partial charge is 0.494 e. The van der Waals surface area contributed by atoms with Crippen molar-refractivity contribution in [2.24, 2.45) is 0 Å². The van der Waals surface area contributed by atoms with Crippen molar-refractivity contribution in [1.82, 2.24) is 29.4 Å². The molecule has 1 saturated heterocycles. The molecular weight excluding hydrogens is 451 g/mol. The molecule has 11 heteroatoms. The van der Waals surface area contributed by atoms with Crippen LogP contribution in [0.2, 0.25) is 0 Å². The van der Waals surface area contributed by atoms with Crippen molar-refractivity contribution in [3.8, 4) is 5.75 Å². The molecule has 4 heterocycles. The number of methoxy groups -OCH3 is 1. The summed E-state index contributed by atoms with van der Waals surface area (Å²) in [5.41, 5.74) is 7.61. The molecule has 4 aromatic rings. The average Bonchev–Trinajstić information content (AvgIpc) is 3.48. The standard InChI is InChI=1S/C24H31FN8O2/c1-13-6-7-15(11-31(13)16-10-27-32(12-16)24(3,4)14(2)34)21-29-22-17-8-18(25)20(35-5)9-19(17)28-23(26)33(22)30-21/h8-10,12-15,34H,6-7,11H2,1-5H3,(H2,26,28)/t13-,14-,15+/m0/s1. The van der Waals surface area contributed by atoms with Crippen LogP contribution in [-0.4, -0.2) is 60.3 Å². The monoisotopic (exact) mass is 482 g/mol. The molecule has 0 spiro atoms. The Balaban J connectivity index is 1.49. The minimum atomic E-state index is -0.553. The molecule has 0 aliphatic carbocycles. The van der Waals surface area contributed by atoms with Crippen LogP contribution in [0.5, 0.6) is 5.75 Å². The van der Waals surface area contributed by atoms with Crippen molar-refractivity contribution >= 4 is 28.2 Å². The average molecular weight is 483 g/mol. The van der Waals surface area contributed by atoms with Crippen LogP contribution in [0.1, 0.15) is 52.3 Å². The quantitative estimate of drug-likeness (QED) is 0.445. The molecule has 35 heavy (non-hydrogen) atoms. The van der Waals surface area contributed by atoms with Gasteiger partial charge < -0.3 is 20.5 Å². The van der Waals surface area contributed by atoms with Gasteiger partial charge in [0.1, 0.15) is 0 Å². The number of hydrogen-bond donors (Lipinski definition) is 2. The summed E-state index contributed by atoms with van der Waals surface area (Å²) in [5, 5.41) is 19.9. The number of benzene rings is 1. The van der Waals surface area contributed by atoms with Crippen molar-refractivity contribution < 1.29 is 14.2 Å². The second kappa shape index (κ2) is 8.33. The SMILES string of the molecule is COc1cc2nc(N)n3nc([C@@H]4CC[C@H](C)N(c5cnn(C(C)(C)[C@H](C)O)c5)C4)nc3c2cc1F. The van der Waals surface area contributed by atoms with Gasteiger partial charge in [-0.3, -0.25) is 4.68 Å². The molecule has 10 nitrogen and oxygen atoms in total. The molecule has 3 atom stereocenters. The molecule has 0 unspecified atom stereocenters. The lowest BCUT2D eigenvalue weighted by atomic mass is 9.92. The summed E-state index contributed by atoms with van der Waals surface area (Å²) in [7, 11) is 1.41. The highest BCUT2D eigenvalue weighted by Gasteiger charge is 2.32. The number of halogens is 1. The molecule has 1 aromatic carbocycles. The van der Waals surface area contributed by atoms with Crippen LogP contribution < -0.4 is 15.4 Å². The van der Waals surface area contributed by atoms with E-state index in [1.54, 1.807) is 6.92 Å². The Kier molecular flexibility index (Phi) is 5.54. The zero-order valence-electron chi connectivity index (χ0n) is 20.6.